The van der Waals surface area contributed by atoms with Gasteiger partial charge in [-0.15, -0.1) is 0 Å². The van der Waals surface area contributed by atoms with Crippen molar-refractivity contribution in [3.8, 4) is 11.5 Å². The van der Waals surface area contributed by atoms with E-state index in [1.165, 1.54) is 6.08 Å². The Morgan fingerprint density at radius 2 is 2.23 bits per heavy atom. The van der Waals surface area contributed by atoms with Gasteiger partial charge in [-0.05, 0) is 43.2 Å². The Kier molecular flexibility index (Phi) is 1.57. The largest absolute Gasteiger partial charge is 0.504 e. The first-order valence-corrected chi connectivity index (χ1v) is 7.71. The highest BCUT2D eigenvalue weighted by Crippen LogP contribution is 2.74. The third-order valence-corrected chi connectivity index (χ3v) is 6.79. The molecule has 6 atom stereocenters. The van der Waals surface area contributed by atoms with Crippen LogP contribution in [0.2, 0.25) is 0 Å². The fourth-order valence-corrected chi connectivity index (χ4v) is 6.18. The summed E-state index contributed by atoms with van der Waals surface area (Å²) in [5.74, 6) is 0.675. The molecule has 2 unspecified atom stereocenters. The minimum atomic E-state index is -1.11. The van der Waals surface area contributed by atoms with Crippen molar-refractivity contribution in [3.05, 3.63) is 35.4 Å². The zero-order chi connectivity index (χ0) is 15.0. The Morgan fingerprint density at radius 1 is 1.41 bits per heavy atom. The Labute approximate surface area is 126 Å². The first-order valence-electron chi connectivity index (χ1n) is 7.71. The zero-order valence-corrected chi connectivity index (χ0v) is 12.0. The van der Waals surface area contributed by atoms with Crippen LogP contribution >= 0.6 is 0 Å². The van der Waals surface area contributed by atoms with Gasteiger partial charge in [-0.2, -0.15) is 0 Å². The van der Waals surface area contributed by atoms with Crippen LogP contribution < -0.4 is 4.74 Å². The van der Waals surface area contributed by atoms with Crippen LogP contribution in [0.15, 0.2) is 24.3 Å². The van der Waals surface area contributed by atoms with Crippen molar-refractivity contribution in [2.45, 2.75) is 35.6 Å². The molecule has 2 heterocycles. The molecular formula is C17H15NO4. The van der Waals surface area contributed by atoms with Crippen LogP contribution in [-0.2, 0) is 10.2 Å². The molecule has 4 bridgehead atoms. The average Bonchev–Trinajstić information content (AvgIpc) is 2.91. The van der Waals surface area contributed by atoms with Gasteiger partial charge < -0.3 is 14.9 Å². The maximum atomic E-state index is 12.4. The molecule has 0 aromatic heterocycles. The molecule has 0 amide bonds. The van der Waals surface area contributed by atoms with Gasteiger partial charge >= 0.3 is 0 Å². The van der Waals surface area contributed by atoms with Gasteiger partial charge in [0.1, 0.15) is 5.60 Å². The number of likely N-dealkylation sites (tertiary alicyclic amines) is 1. The minimum Gasteiger partial charge on any atom is -0.504 e. The third kappa shape index (κ3) is 0.811. The summed E-state index contributed by atoms with van der Waals surface area (Å²) in [7, 11) is 2.03. The van der Waals surface area contributed by atoms with Gasteiger partial charge in [0.15, 0.2) is 23.4 Å². The van der Waals surface area contributed by atoms with Gasteiger partial charge in [-0.25, -0.2) is 0 Å². The minimum absolute atomic E-state index is 0.00782. The van der Waals surface area contributed by atoms with Crippen LogP contribution in [0.4, 0.5) is 0 Å². The third-order valence-electron chi connectivity index (χ3n) is 6.79. The lowest BCUT2D eigenvalue weighted by molar-refractivity contribution is -0.135. The monoisotopic (exact) mass is 297 g/mol. The van der Waals surface area contributed by atoms with Gasteiger partial charge in [0, 0.05) is 17.6 Å². The number of ketones is 1. The number of aromatic hydroxyl groups is 1. The molecule has 1 saturated heterocycles. The highest BCUT2D eigenvalue weighted by Gasteiger charge is 2.80. The van der Waals surface area contributed by atoms with E-state index in [0.717, 1.165) is 17.5 Å². The maximum Gasteiger partial charge on any atom is 0.196 e. The molecule has 22 heavy (non-hydrogen) atoms. The summed E-state index contributed by atoms with van der Waals surface area (Å²) in [4.78, 5) is 14.7. The van der Waals surface area contributed by atoms with Crippen LogP contribution in [0.5, 0.6) is 11.5 Å². The fraction of sp³-hybridized carbons (Fsp3) is 0.471. The zero-order valence-electron chi connectivity index (χ0n) is 12.0. The molecule has 112 valence electrons. The highest BCUT2D eigenvalue weighted by atomic mass is 16.5. The van der Waals surface area contributed by atoms with Crippen LogP contribution in [0.1, 0.15) is 23.6 Å². The van der Waals surface area contributed by atoms with Crippen molar-refractivity contribution in [3.63, 3.8) is 0 Å². The number of aliphatic hydroxyl groups is 1. The smallest absolute Gasteiger partial charge is 0.196 e. The molecular weight excluding hydrogens is 282 g/mol. The van der Waals surface area contributed by atoms with Gasteiger partial charge in [-0.1, -0.05) is 6.07 Å². The number of rotatable bonds is 0. The van der Waals surface area contributed by atoms with Crippen molar-refractivity contribution >= 4 is 5.78 Å². The van der Waals surface area contributed by atoms with E-state index in [1.807, 2.05) is 13.1 Å². The van der Waals surface area contributed by atoms with Gasteiger partial charge in [0.05, 0.1) is 5.41 Å². The summed E-state index contributed by atoms with van der Waals surface area (Å²) in [5, 5.41) is 21.8. The summed E-state index contributed by atoms with van der Waals surface area (Å²) in [6, 6.07) is 3.82. The normalized spacial score (nSPS) is 48.9. The molecule has 0 radical (unpaired) electrons. The van der Waals surface area contributed by atoms with Crippen LogP contribution in [0.25, 0.3) is 0 Å². The number of hydrogen-bond acceptors (Lipinski definition) is 5. The van der Waals surface area contributed by atoms with Gasteiger partial charge in [0.2, 0.25) is 0 Å². The van der Waals surface area contributed by atoms with Gasteiger partial charge in [-0.3, -0.25) is 9.69 Å². The number of likely N-dealkylation sites (N-methyl/N-ethyl adjacent to an activating group) is 1. The average molecular weight is 297 g/mol. The number of nitrogens with zero attached hydrogens (tertiary/aromatic N) is 1. The first-order chi connectivity index (χ1) is 10.5. The van der Waals surface area contributed by atoms with Crippen molar-refractivity contribution in [2.24, 2.45) is 5.92 Å². The van der Waals surface area contributed by atoms with Crippen molar-refractivity contribution in [2.75, 3.05) is 7.05 Å². The molecule has 2 fully saturated rings. The van der Waals surface area contributed by atoms with Crippen LogP contribution in [0, 0.1) is 5.92 Å². The quantitative estimate of drug-likeness (QED) is 0.736. The molecule has 5 aliphatic rings. The fourth-order valence-electron chi connectivity index (χ4n) is 6.18. The molecule has 2 N–H and O–H groups in total. The Hall–Kier alpha value is -1.85. The number of phenols is 1. The lowest BCUT2D eigenvalue weighted by Crippen LogP contribution is -2.65. The van der Waals surface area contributed by atoms with Gasteiger partial charge in [0.25, 0.3) is 0 Å². The summed E-state index contributed by atoms with van der Waals surface area (Å²) < 4.78 is 5.91. The number of benzene rings is 1. The van der Waals surface area contributed by atoms with E-state index >= 15 is 0 Å². The second-order valence-corrected chi connectivity index (χ2v) is 7.33. The molecule has 2 aliphatic heterocycles. The number of ether oxygens (including phenoxy) is 1. The predicted octanol–water partition coefficient (Wildman–Crippen LogP) is 0.650. The summed E-state index contributed by atoms with van der Waals surface area (Å²) in [6.07, 6.45) is 3.17. The van der Waals surface area contributed by atoms with E-state index in [9.17, 15) is 15.0 Å². The Balaban J connectivity index is 1.81. The lowest BCUT2D eigenvalue weighted by Gasteiger charge is -2.53. The topological polar surface area (TPSA) is 70.0 Å². The Morgan fingerprint density at radius 3 is 3.05 bits per heavy atom. The predicted molar refractivity (Wildman–Crippen MR) is 75.7 cm³/mol. The summed E-state index contributed by atoms with van der Waals surface area (Å²) >= 11 is 0. The second kappa shape index (κ2) is 2.96. The van der Waals surface area contributed by atoms with E-state index in [4.69, 9.17) is 4.74 Å². The number of carbonyl (C=O) groups excluding carboxylic acids is 1. The summed E-state index contributed by atoms with van der Waals surface area (Å²) in [5.41, 5.74) is 0.125. The van der Waals surface area contributed by atoms with E-state index in [-0.39, 0.29) is 23.6 Å². The number of carbonyl (C=O) groups is 1. The first kappa shape index (κ1) is 11.7. The van der Waals surface area contributed by atoms with Crippen molar-refractivity contribution in [1.29, 1.82) is 0 Å². The van der Waals surface area contributed by atoms with Crippen molar-refractivity contribution in [1.82, 2.24) is 4.90 Å². The standard InChI is InChI=1S/C17H15NO4/c1-18-12-7-2-3-9(19)13-11(7)16-6-8(12)14(18)17(16,21)5-4-10(20)15(16)22-13/h2-5,8,12,14-15,19,21H,6H2,1H3/t8?,12?,14-,15+,16+,17-/m1/s1. The van der Waals surface area contributed by atoms with E-state index in [1.54, 1.807) is 12.1 Å². The lowest BCUT2D eigenvalue weighted by atomic mass is 9.60. The van der Waals surface area contributed by atoms with E-state index < -0.39 is 17.1 Å². The molecule has 1 aromatic rings. The number of hydrogen-bond donors (Lipinski definition) is 2. The van der Waals surface area contributed by atoms with E-state index in [2.05, 4.69) is 4.90 Å². The number of fused-ring (bicyclic) bond motifs is 1. The Bertz CT molecular complexity index is 817. The molecule has 6 rings (SSSR count). The van der Waals surface area contributed by atoms with Crippen LogP contribution in [0.3, 0.4) is 0 Å². The maximum absolute atomic E-state index is 12.4. The number of phenolic OH excluding ortho intramolecular Hbond substituents is 1. The molecule has 5 heteroatoms. The summed E-state index contributed by atoms with van der Waals surface area (Å²) in [6.45, 7) is 0. The SMILES string of the molecule is CN1C2c3ccc(O)c4c3[C@]35CC2[C@@H]1[C@]3(O)C=CC(=O)[C@@H]5O4. The molecule has 1 aromatic carbocycles. The van der Waals surface area contributed by atoms with Crippen molar-refractivity contribution < 1.29 is 19.7 Å². The van der Waals surface area contributed by atoms with Crippen LogP contribution in [-0.4, -0.2) is 45.7 Å². The molecule has 5 nitrogen and oxygen atoms in total. The molecule has 1 spiro atoms. The highest BCUT2D eigenvalue weighted by molar-refractivity contribution is 5.99. The molecule has 3 aliphatic carbocycles. The second-order valence-electron chi connectivity index (χ2n) is 7.33. The molecule has 1 saturated carbocycles. The van der Waals surface area contributed by atoms with E-state index in [0.29, 0.717) is 11.7 Å².